The van der Waals surface area contributed by atoms with Gasteiger partial charge in [-0.2, -0.15) is 0 Å². The van der Waals surface area contributed by atoms with E-state index in [1.165, 1.54) is 0 Å². The van der Waals surface area contributed by atoms with E-state index in [0.29, 0.717) is 12.8 Å². The molecule has 1 aliphatic carbocycles. The average Bonchev–Trinajstić information content (AvgIpc) is 2.38. The summed E-state index contributed by atoms with van der Waals surface area (Å²) in [6.07, 6.45) is 1.58. The van der Waals surface area contributed by atoms with E-state index >= 15 is 0 Å². The second kappa shape index (κ2) is 4.96. The summed E-state index contributed by atoms with van der Waals surface area (Å²) < 4.78 is 0. The number of hydrogen-bond donors (Lipinski definition) is 3. The predicted molar refractivity (Wildman–Crippen MR) is 51.8 cm³/mol. The molecule has 0 aromatic rings. The minimum Gasteiger partial charge on any atom is -0.481 e. The SMILES string of the molecule is O=C(O)C1CCCCC(C(=O)O)C1C(=O)O. The van der Waals surface area contributed by atoms with E-state index in [2.05, 4.69) is 0 Å². The summed E-state index contributed by atoms with van der Waals surface area (Å²) in [5.41, 5.74) is 0. The van der Waals surface area contributed by atoms with Gasteiger partial charge in [-0.05, 0) is 12.8 Å². The summed E-state index contributed by atoms with van der Waals surface area (Å²) in [5, 5.41) is 26.8. The van der Waals surface area contributed by atoms with E-state index in [1.807, 2.05) is 0 Å². The highest BCUT2D eigenvalue weighted by molar-refractivity contribution is 5.85. The normalized spacial score (nSPS) is 30.4. The minimum absolute atomic E-state index is 0.232. The highest BCUT2D eigenvalue weighted by atomic mass is 16.4. The Bertz CT molecular complexity index is 286. The highest BCUT2D eigenvalue weighted by Gasteiger charge is 2.43. The second-order valence-electron chi connectivity index (χ2n) is 4.04. The van der Waals surface area contributed by atoms with Gasteiger partial charge < -0.3 is 15.3 Å². The van der Waals surface area contributed by atoms with Gasteiger partial charge in [-0.25, -0.2) is 0 Å². The van der Waals surface area contributed by atoms with E-state index in [4.69, 9.17) is 15.3 Å². The first-order chi connectivity index (χ1) is 7.45. The molecule has 6 heteroatoms. The summed E-state index contributed by atoms with van der Waals surface area (Å²) in [5.74, 6) is -7.29. The van der Waals surface area contributed by atoms with Gasteiger partial charge in [0.25, 0.3) is 0 Å². The van der Waals surface area contributed by atoms with Gasteiger partial charge in [0.15, 0.2) is 0 Å². The quantitative estimate of drug-likeness (QED) is 0.614. The molecule has 3 N–H and O–H groups in total. The molecular weight excluding hydrogens is 216 g/mol. The Morgan fingerprint density at radius 1 is 0.750 bits per heavy atom. The van der Waals surface area contributed by atoms with Crippen molar-refractivity contribution in [3.8, 4) is 0 Å². The number of hydrogen-bond acceptors (Lipinski definition) is 3. The third kappa shape index (κ3) is 2.50. The van der Waals surface area contributed by atoms with Gasteiger partial charge in [-0.15, -0.1) is 0 Å². The fourth-order valence-electron chi connectivity index (χ4n) is 2.27. The zero-order valence-electron chi connectivity index (χ0n) is 8.63. The lowest BCUT2D eigenvalue weighted by atomic mass is 9.80. The third-order valence-electron chi connectivity index (χ3n) is 3.07. The molecule has 2 atom stereocenters. The van der Waals surface area contributed by atoms with Crippen molar-refractivity contribution in [2.24, 2.45) is 17.8 Å². The van der Waals surface area contributed by atoms with Gasteiger partial charge >= 0.3 is 17.9 Å². The fraction of sp³-hybridized carbons (Fsp3) is 0.700. The number of carboxylic acids is 3. The summed E-state index contributed by atoms with van der Waals surface area (Å²) in [6, 6.07) is 0. The van der Waals surface area contributed by atoms with Crippen LogP contribution in [0.15, 0.2) is 0 Å². The van der Waals surface area contributed by atoms with Gasteiger partial charge in [0.05, 0.1) is 17.8 Å². The molecule has 0 amide bonds. The molecule has 0 bridgehead atoms. The van der Waals surface area contributed by atoms with Crippen molar-refractivity contribution in [3.63, 3.8) is 0 Å². The Morgan fingerprint density at radius 2 is 1.12 bits per heavy atom. The van der Waals surface area contributed by atoms with E-state index in [-0.39, 0.29) is 12.8 Å². The molecule has 1 saturated carbocycles. The van der Waals surface area contributed by atoms with Crippen molar-refractivity contribution >= 4 is 17.9 Å². The Balaban J connectivity index is 3.03. The van der Waals surface area contributed by atoms with Crippen LogP contribution in [0.5, 0.6) is 0 Å². The summed E-state index contributed by atoms with van der Waals surface area (Å²) in [6.45, 7) is 0. The molecule has 90 valence electrons. The summed E-state index contributed by atoms with van der Waals surface area (Å²) in [7, 11) is 0. The Kier molecular flexibility index (Phi) is 3.87. The second-order valence-corrected chi connectivity index (χ2v) is 4.04. The van der Waals surface area contributed by atoms with Crippen LogP contribution in [-0.4, -0.2) is 33.2 Å². The molecule has 0 heterocycles. The molecule has 0 spiro atoms. The standard InChI is InChI=1S/C10H14O6/c11-8(12)5-3-1-2-4-6(9(13)14)7(5)10(15)16/h5-7H,1-4H2,(H,11,12)(H,13,14)(H,15,16). The average molecular weight is 230 g/mol. The number of rotatable bonds is 3. The van der Waals surface area contributed by atoms with Gasteiger partial charge in [-0.1, -0.05) is 12.8 Å². The van der Waals surface area contributed by atoms with E-state index in [1.54, 1.807) is 0 Å². The lowest BCUT2D eigenvalue weighted by Crippen LogP contribution is -2.37. The number of carboxylic acid groups (broad SMARTS) is 3. The molecule has 0 aromatic carbocycles. The van der Waals surface area contributed by atoms with Gasteiger partial charge in [0.1, 0.15) is 0 Å². The lowest BCUT2D eigenvalue weighted by Gasteiger charge is -2.22. The summed E-state index contributed by atoms with van der Waals surface area (Å²) in [4.78, 5) is 32.9. The van der Waals surface area contributed by atoms with Crippen molar-refractivity contribution < 1.29 is 29.7 Å². The van der Waals surface area contributed by atoms with E-state index in [9.17, 15) is 14.4 Å². The highest BCUT2D eigenvalue weighted by Crippen LogP contribution is 2.34. The Morgan fingerprint density at radius 3 is 1.38 bits per heavy atom. The molecular formula is C10H14O6. The van der Waals surface area contributed by atoms with Crippen LogP contribution in [0.4, 0.5) is 0 Å². The van der Waals surface area contributed by atoms with Crippen LogP contribution in [0.1, 0.15) is 25.7 Å². The first kappa shape index (κ1) is 12.5. The molecule has 6 nitrogen and oxygen atoms in total. The van der Waals surface area contributed by atoms with Crippen molar-refractivity contribution in [2.45, 2.75) is 25.7 Å². The zero-order valence-corrected chi connectivity index (χ0v) is 8.63. The predicted octanol–water partition coefficient (Wildman–Crippen LogP) is 0.663. The maximum Gasteiger partial charge on any atom is 0.308 e. The largest absolute Gasteiger partial charge is 0.481 e. The third-order valence-corrected chi connectivity index (χ3v) is 3.07. The zero-order chi connectivity index (χ0) is 12.3. The van der Waals surface area contributed by atoms with Gasteiger partial charge in [-0.3, -0.25) is 14.4 Å². The molecule has 0 saturated heterocycles. The molecule has 1 fully saturated rings. The van der Waals surface area contributed by atoms with Gasteiger partial charge in [0.2, 0.25) is 0 Å². The molecule has 0 aliphatic heterocycles. The van der Waals surface area contributed by atoms with Crippen molar-refractivity contribution in [3.05, 3.63) is 0 Å². The maximum atomic E-state index is 11.0. The van der Waals surface area contributed by atoms with Crippen LogP contribution in [-0.2, 0) is 14.4 Å². The van der Waals surface area contributed by atoms with E-state index < -0.39 is 35.7 Å². The molecule has 0 radical (unpaired) electrons. The monoisotopic (exact) mass is 230 g/mol. The lowest BCUT2D eigenvalue weighted by molar-refractivity contribution is -0.161. The van der Waals surface area contributed by atoms with Crippen LogP contribution in [0.25, 0.3) is 0 Å². The molecule has 16 heavy (non-hydrogen) atoms. The summed E-state index contributed by atoms with van der Waals surface area (Å²) >= 11 is 0. The Labute approximate surface area is 91.9 Å². The topological polar surface area (TPSA) is 112 Å². The Hall–Kier alpha value is -1.59. The van der Waals surface area contributed by atoms with Crippen molar-refractivity contribution in [2.75, 3.05) is 0 Å². The van der Waals surface area contributed by atoms with Crippen molar-refractivity contribution in [1.82, 2.24) is 0 Å². The smallest absolute Gasteiger partial charge is 0.308 e. The van der Waals surface area contributed by atoms with E-state index in [0.717, 1.165) is 0 Å². The first-order valence-electron chi connectivity index (χ1n) is 5.13. The fourth-order valence-corrected chi connectivity index (χ4v) is 2.27. The van der Waals surface area contributed by atoms with Crippen molar-refractivity contribution in [1.29, 1.82) is 0 Å². The maximum absolute atomic E-state index is 11.0. The van der Waals surface area contributed by atoms with Crippen LogP contribution >= 0.6 is 0 Å². The molecule has 1 aliphatic rings. The molecule has 0 aromatic heterocycles. The number of aliphatic carboxylic acids is 3. The van der Waals surface area contributed by atoms with Crippen LogP contribution in [0.2, 0.25) is 0 Å². The molecule has 2 unspecified atom stereocenters. The van der Waals surface area contributed by atoms with Crippen LogP contribution in [0, 0.1) is 17.8 Å². The van der Waals surface area contributed by atoms with Crippen LogP contribution < -0.4 is 0 Å². The van der Waals surface area contributed by atoms with Crippen LogP contribution in [0.3, 0.4) is 0 Å². The minimum atomic E-state index is -1.33. The van der Waals surface area contributed by atoms with Gasteiger partial charge in [0, 0.05) is 0 Å². The number of carbonyl (C=O) groups is 3. The molecule has 1 rings (SSSR count). The first-order valence-corrected chi connectivity index (χ1v) is 5.13.